The SMILES string of the molecule is CC(=O)C(C)(N)C(=O)[C@H](O)[C@@H](O)[C@H](O)[C@H](O)CO. The first-order valence-electron chi connectivity index (χ1n) is 5.24. The Balaban J connectivity index is 4.90. The second-order valence-corrected chi connectivity index (χ2v) is 4.30. The fourth-order valence-corrected chi connectivity index (χ4v) is 1.16. The molecule has 106 valence electrons. The second-order valence-electron chi connectivity index (χ2n) is 4.30. The van der Waals surface area contributed by atoms with Crippen molar-refractivity contribution in [2.45, 2.75) is 43.8 Å². The monoisotopic (exact) mass is 265 g/mol. The van der Waals surface area contributed by atoms with Gasteiger partial charge in [-0.1, -0.05) is 0 Å². The van der Waals surface area contributed by atoms with Crippen LogP contribution in [0, 0.1) is 0 Å². The average molecular weight is 265 g/mol. The van der Waals surface area contributed by atoms with Crippen LogP contribution >= 0.6 is 0 Å². The number of aliphatic hydroxyl groups excluding tert-OH is 5. The van der Waals surface area contributed by atoms with Crippen LogP contribution in [0.25, 0.3) is 0 Å². The Morgan fingerprint density at radius 3 is 1.94 bits per heavy atom. The molecule has 0 heterocycles. The highest BCUT2D eigenvalue weighted by Gasteiger charge is 2.43. The highest BCUT2D eigenvalue weighted by Crippen LogP contribution is 2.12. The number of carbonyl (C=O) groups is 2. The zero-order valence-corrected chi connectivity index (χ0v) is 10.1. The van der Waals surface area contributed by atoms with E-state index in [2.05, 4.69) is 0 Å². The normalized spacial score (nSPS) is 21.6. The molecule has 0 radical (unpaired) electrons. The minimum absolute atomic E-state index is 0.726. The van der Waals surface area contributed by atoms with Crippen LogP contribution < -0.4 is 5.73 Å². The van der Waals surface area contributed by atoms with Gasteiger partial charge in [0.15, 0.2) is 11.6 Å². The molecule has 0 fully saturated rings. The number of hydrogen-bond donors (Lipinski definition) is 6. The largest absolute Gasteiger partial charge is 0.394 e. The molecule has 0 aromatic carbocycles. The number of hydrogen-bond acceptors (Lipinski definition) is 8. The molecular weight excluding hydrogens is 246 g/mol. The van der Waals surface area contributed by atoms with Crippen molar-refractivity contribution in [3.05, 3.63) is 0 Å². The Bertz CT molecular complexity index is 317. The molecule has 0 aliphatic carbocycles. The first-order valence-corrected chi connectivity index (χ1v) is 5.24. The first kappa shape index (κ1) is 17.1. The zero-order chi connectivity index (χ0) is 14.7. The van der Waals surface area contributed by atoms with Crippen LogP contribution in [0.4, 0.5) is 0 Å². The van der Waals surface area contributed by atoms with E-state index in [1.54, 1.807) is 0 Å². The van der Waals surface area contributed by atoms with Crippen molar-refractivity contribution in [3.63, 3.8) is 0 Å². The van der Waals surface area contributed by atoms with Crippen LogP contribution in [-0.2, 0) is 9.59 Å². The molecule has 0 aliphatic rings. The average Bonchev–Trinajstić information content (AvgIpc) is 2.33. The van der Waals surface area contributed by atoms with E-state index >= 15 is 0 Å². The molecule has 0 aliphatic heterocycles. The molecule has 0 amide bonds. The maximum atomic E-state index is 11.7. The Hall–Kier alpha value is -0.900. The summed E-state index contributed by atoms with van der Waals surface area (Å²) in [4.78, 5) is 22.8. The summed E-state index contributed by atoms with van der Waals surface area (Å²) >= 11 is 0. The van der Waals surface area contributed by atoms with E-state index in [9.17, 15) is 24.9 Å². The third-order valence-electron chi connectivity index (χ3n) is 2.77. The van der Waals surface area contributed by atoms with E-state index in [1.165, 1.54) is 0 Å². The van der Waals surface area contributed by atoms with Gasteiger partial charge in [0.05, 0.1) is 6.61 Å². The van der Waals surface area contributed by atoms with Gasteiger partial charge in [0, 0.05) is 0 Å². The van der Waals surface area contributed by atoms with Crippen LogP contribution in [0.1, 0.15) is 13.8 Å². The van der Waals surface area contributed by atoms with Gasteiger partial charge in [-0.15, -0.1) is 0 Å². The van der Waals surface area contributed by atoms with Crippen molar-refractivity contribution < 1.29 is 35.1 Å². The van der Waals surface area contributed by atoms with Gasteiger partial charge >= 0.3 is 0 Å². The van der Waals surface area contributed by atoms with Crippen LogP contribution in [0.15, 0.2) is 0 Å². The Morgan fingerprint density at radius 2 is 1.61 bits per heavy atom. The topological polar surface area (TPSA) is 161 Å². The molecule has 0 rings (SSSR count). The number of nitrogens with two attached hydrogens (primary N) is 1. The second kappa shape index (κ2) is 6.32. The predicted molar refractivity (Wildman–Crippen MR) is 59.4 cm³/mol. The third-order valence-corrected chi connectivity index (χ3v) is 2.77. The molecule has 0 aromatic heterocycles. The van der Waals surface area contributed by atoms with Gasteiger partial charge in [-0.2, -0.15) is 0 Å². The lowest BCUT2D eigenvalue weighted by molar-refractivity contribution is -0.153. The third kappa shape index (κ3) is 3.55. The molecule has 8 nitrogen and oxygen atoms in total. The lowest BCUT2D eigenvalue weighted by atomic mass is 9.86. The fraction of sp³-hybridized carbons (Fsp3) is 0.800. The summed E-state index contributed by atoms with van der Waals surface area (Å²) in [6.07, 6.45) is -7.90. The van der Waals surface area contributed by atoms with E-state index in [-0.39, 0.29) is 0 Å². The standard InChI is InChI=1S/C10H19NO7/c1-4(13)10(2,11)9(18)8(17)7(16)6(15)5(14)3-12/h5-8,12,14-17H,3,11H2,1-2H3/t5-,6-,7+,8-,10?/m1/s1. The molecule has 0 spiro atoms. The van der Waals surface area contributed by atoms with Crippen LogP contribution in [-0.4, -0.2) is 73.7 Å². The lowest BCUT2D eigenvalue weighted by Gasteiger charge is -2.29. The molecule has 0 saturated heterocycles. The van der Waals surface area contributed by atoms with Gasteiger partial charge in [-0.3, -0.25) is 9.59 Å². The number of rotatable bonds is 7. The van der Waals surface area contributed by atoms with Crippen molar-refractivity contribution in [2.24, 2.45) is 5.73 Å². The van der Waals surface area contributed by atoms with Crippen LogP contribution in [0.3, 0.4) is 0 Å². The lowest BCUT2D eigenvalue weighted by Crippen LogP contribution is -2.60. The van der Waals surface area contributed by atoms with E-state index in [4.69, 9.17) is 15.9 Å². The zero-order valence-electron chi connectivity index (χ0n) is 10.1. The van der Waals surface area contributed by atoms with Gasteiger partial charge in [-0.25, -0.2) is 0 Å². The quantitative estimate of drug-likeness (QED) is 0.256. The van der Waals surface area contributed by atoms with Gasteiger partial charge in [0.25, 0.3) is 0 Å². The van der Waals surface area contributed by atoms with Crippen molar-refractivity contribution in [3.8, 4) is 0 Å². The maximum Gasteiger partial charge on any atom is 0.191 e. The van der Waals surface area contributed by atoms with Gasteiger partial charge in [0.1, 0.15) is 30.0 Å². The summed E-state index contributed by atoms with van der Waals surface area (Å²) in [6, 6.07) is 0. The van der Waals surface area contributed by atoms with Crippen molar-refractivity contribution in [1.82, 2.24) is 0 Å². The molecule has 0 bridgehead atoms. The number of ketones is 2. The summed E-state index contributed by atoms with van der Waals surface area (Å²) < 4.78 is 0. The van der Waals surface area contributed by atoms with Crippen molar-refractivity contribution in [2.75, 3.05) is 6.61 Å². The summed E-state index contributed by atoms with van der Waals surface area (Å²) in [5, 5.41) is 45.9. The molecule has 0 saturated carbocycles. The summed E-state index contributed by atoms with van der Waals surface area (Å²) in [5.41, 5.74) is 3.38. The van der Waals surface area contributed by atoms with Gasteiger partial charge < -0.3 is 31.3 Å². The van der Waals surface area contributed by atoms with Crippen LogP contribution in [0.2, 0.25) is 0 Å². The Labute approximate surface area is 104 Å². The Morgan fingerprint density at radius 1 is 1.17 bits per heavy atom. The van der Waals surface area contributed by atoms with E-state index in [1.807, 2.05) is 0 Å². The van der Waals surface area contributed by atoms with Gasteiger partial charge in [0.2, 0.25) is 0 Å². The molecule has 5 atom stereocenters. The molecule has 0 aromatic rings. The van der Waals surface area contributed by atoms with Crippen LogP contribution in [0.5, 0.6) is 0 Å². The van der Waals surface area contributed by atoms with E-state index in [0.29, 0.717) is 0 Å². The molecule has 8 heteroatoms. The highest BCUT2D eigenvalue weighted by molar-refractivity contribution is 6.11. The van der Waals surface area contributed by atoms with Crippen molar-refractivity contribution in [1.29, 1.82) is 0 Å². The number of carbonyl (C=O) groups excluding carboxylic acids is 2. The Kier molecular flexibility index (Phi) is 6.00. The summed E-state index contributed by atoms with van der Waals surface area (Å²) in [6.45, 7) is 1.23. The highest BCUT2D eigenvalue weighted by atomic mass is 16.4. The van der Waals surface area contributed by atoms with Crippen molar-refractivity contribution >= 4 is 11.6 Å². The minimum atomic E-state index is -2.15. The molecule has 1 unspecified atom stereocenters. The predicted octanol–water partition coefficient (Wildman–Crippen LogP) is -3.70. The maximum absolute atomic E-state index is 11.7. The smallest absolute Gasteiger partial charge is 0.191 e. The summed E-state index contributed by atoms with van der Waals surface area (Å²) in [5.74, 6) is -1.91. The first-order chi connectivity index (χ1) is 8.07. The molecule has 18 heavy (non-hydrogen) atoms. The number of aliphatic hydroxyl groups is 5. The van der Waals surface area contributed by atoms with E-state index in [0.717, 1.165) is 13.8 Å². The number of Topliss-reactive ketones (excluding diaryl/α,β-unsaturated/α-hetero) is 2. The summed E-state index contributed by atoms with van der Waals surface area (Å²) in [7, 11) is 0. The minimum Gasteiger partial charge on any atom is -0.394 e. The fourth-order valence-electron chi connectivity index (χ4n) is 1.16. The van der Waals surface area contributed by atoms with E-state index < -0.39 is 48.1 Å². The van der Waals surface area contributed by atoms with Gasteiger partial charge in [-0.05, 0) is 13.8 Å². The molecular formula is C10H19NO7. The molecule has 7 N–H and O–H groups in total.